The van der Waals surface area contributed by atoms with E-state index in [2.05, 4.69) is 22.0 Å². The monoisotopic (exact) mass is 350 g/mol. The fourth-order valence-corrected chi connectivity index (χ4v) is 3.66. The fourth-order valence-electron chi connectivity index (χ4n) is 1.91. The first kappa shape index (κ1) is 15.5. The first-order chi connectivity index (χ1) is 10.7. The van der Waals surface area contributed by atoms with Crippen molar-refractivity contribution in [2.24, 2.45) is 0 Å². The number of halogens is 1. The molecule has 0 aliphatic carbocycles. The molecule has 0 bridgehead atoms. The zero-order valence-electron chi connectivity index (χ0n) is 12.1. The third-order valence-corrected chi connectivity index (χ3v) is 5.08. The van der Waals surface area contributed by atoms with Gasteiger partial charge in [0, 0.05) is 34.3 Å². The van der Waals surface area contributed by atoms with Gasteiger partial charge in [0.25, 0.3) is 0 Å². The number of rotatable bonds is 6. The van der Waals surface area contributed by atoms with Crippen LogP contribution in [0.3, 0.4) is 0 Å². The summed E-state index contributed by atoms with van der Waals surface area (Å²) in [5, 5.41) is 7.23. The van der Waals surface area contributed by atoms with Gasteiger partial charge in [0.05, 0.1) is 5.69 Å². The summed E-state index contributed by atoms with van der Waals surface area (Å²) in [5.74, 6) is 0.892. The van der Waals surface area contributed by atoms with Crippen LogP contribution in [0.25, 0.3) is 11.3 Å². The maximum Gasteiger partial charge on any atom is 0.173 e. The van der Waals surface area contributed by atoms with Crippen molar-refractivity contribution < 1.29 is 0 Å². The molecule has 0 saturated carbocycles. The summed E-state index contributed by atoms with van der Waals surface area (Å²) in [4.78, 5) is 8.94. The van der Waals surface area contributed by atoms with E-state index in [4.69, 9.17) is 11.6 Å². The van der Waals surface area contributed by atoms with Crippen molar-refractivity contribution in [2.75, 3.05) is 0 Å². The van der Waals surface area contributed by atoms with Gasteiger partial charge in [-0.2, -0.15) is 4.09 Å². The molecule has 0 N–H and O–H groups in total. The van der Waals surface area contributed by atoms with Gasteiger partial charge in [0.15, 0.2) is 10.2 Å². The second-order valence-electron chi connectivity index (χ2n) is 4.76. The molecule has 3 rings (SSSR count). The highest BCUT2D eigenvalue weighted by molar-refractivity contribution is 7.99. The Hall–Kier alpha value is -1.37. The maximum absolute atomic E-state index is 5.91. The van der Waals surface area contributed by atoms with E-state index < -0.39 is 0 Å². The zero-order valence-corrected chi connectivity index (χ0v) is 14.5. The van der Waals surface area contributed by atoms with Crippen molar-refractivity contribution in [1.82, 2.24) is 19.2 Å². The van der Waals surface area contributed by atoms with E-state index in [-0.39, 0.29) is 0 Å². The number of benzene rings is 1. The van der Waals surface area contributed by atoms with Crippen LogP contribution in [0.2, 0.25) is 5.02 Å². The third-order valence-electron chi connectivity index (χ3n) is 3.07. The van der Waals surface area contributed by atoms with Crippen LogP contribution >= 0.6 is 34.9 Å². The van der Waals surface area contributed by atoms with Crippen LogP contribution in [0.4, 0.5) is 0 Å². The van der Waals surface area contributed by atoms with Gasteiger partial charge in [0.1, 0.15) is 6.33 Å². The minimum Gasteiger partial charge on any atom is -0.228 e. The normalized spacial score (nSPS) is 11.0. The molecule has 7 heteroatoms. The first-order valence-corrected chi connectivity index (χ1v) is 9.08. The molecule has 3 aromatic rings. The van der Waals surface area contributed by atoms with E-state index in [1.54, 1.807) is 21.8 Å². The van der Waals surface area contributed by atoms with E-state index in [9.17, 15) is 0 Å². The molecule has 0 aliphatic heterocycles. The topological polar surface area (TPSA) is 43.6 Å². The summed E-state index contributed by atoms with van der Waals surface area (Å²) < 4.78 is 2.71. The van der Waals surface area contributed by atoms with Gasteiger partial charge in [-0.05, 0) is 18.6 Å². The minimum absolute atomic E-state index is 0.732. The van der Waals surface area contributed by atoms with Crippen molar-refractivity contribution in [3.8, 4) is 11.3 Å². The highest BCUT2D eigenvalue weighted by Gasteiger charge is 2.08. The lowest BCUT2D eigenvalue weighted by Gasteiger charge is -1.97. The van der Waals surface area contributed by atoms with Crippen molar-refractivity contribution in [3.63, 3.8) is 0 Å². The molecular weight excluding hydrogens is 336 g/mol. The zero-order chi connectivity index (χ0) is 15.4. The van der Waals surface area contributed by atoms with E-state index >= 15 is 0 Å². The average Bonchev–Trinajstić information content (AvgIpc) is 3.16. The number of hydrogen-bond donors (Lipinski definition) is 0. The van der Waals surface area contributed by atoms with Gasteiger partial charge in [-0.1, -0.05) is 37.1 Å². The summed E-state index contributed by atoms with van der Waals surface area (Å²) in [5.41, 5.74) is 2.02. The molecule has 1 aromatic carbocycles. The minimum atomic E-state index is 0.732. The lowest BCUT2D eigenvalue weighted by Crippen LogP contribution is -1.91. The molecule has 2 heterocycles. The number of nitrogens with zero attached hydrogens (tertiary/aromatic N) is 4. The Kier molecular flexibility index (Phi) is 5.12. The molecule has 4 nitrogen and oxygen atoms in total. The second-order valence-corrected chi connectivity index (χ2v) is 7.26. The molecule has 22 heavy (non-hydrogen) atoms. The SMILES string of the molecule is CCCCc1ncn(Sc2nc(-c3ccc(Cl)cc3)cs2)n1. The molecule has 0 fully saturated rings. The van der Waals surface area contributed by atoms with Crippen molar-refractivity contribution in [2.45, 2.75) is 30.5 Å². The molecule has 0 atom stereocenters. The van der Waals surface area contributed by atoms with Gasteiger partial charge in [0.2, 0.25) is 0 Å². The third kappa shape index (κ3) is 3.88. The number of hydrogen-bond acceptors (Lipinski definition) is 5. The molecule has 0 saturated heterocycles. The standard InChI is InChI=1S/C15H15ClN4S2/c1-2-3-4-14-17-10-20(19-14)22-15-18-13(9-21-15)11-5-7-12(16)8-6-11/h5-10H,2-4H2,1H3. The molecule has 0 radical (unpaired) electrons. The van der Waals surface area contributed by atoms with Crippen molar-refractivity contribution in [3.05, 3.63) is 46.8 Å². The highest BCUT2D eigenvalue weighted by Crippen LogP contribution is 2.29. The quantitative estimate of drug-likeness (QED) is 0.630. The van der Waals surface area contributed by atoms with Gasteiger partial charge < -0.3 is 0 Å². The molecule has 0 unspecified atom stereocenters. The molecule has 114 valence electrons. The van der Waals surface area contributed by atoms with E-state index in [0.717, 1.165) is 45.7 Å². The molecule has 0 aliphatic rings. The molecule has 2 aromatic heterocycles. The van der Waals surface area contributed by atoms with Crippen LogP contribution in [0.5, 0.6) is 0 Å². The smallest absolute Gasteiger partial charge is 0.173 e. The second kappa shape index (κ2) is 7.26. The Balaban J connectivity index is 1.69. The Labute approximate surface area is 142 Å². The summed E-state index contributed by atoms with van der Waals surface area (Å²) in [6.07, 6.45) is 4.95. The van der Waals surface area contributed by atoms with Crippen LogP contribution in [0.1, 0.15) is 25.6 Å². The number of unbranched alkanes of at least 4 members (excludes halogenated alkanes) is 1. The molecule has 0 spiro atoms. The Morgan fingerprint density at radius 1 is 1.27 bits per heavy atom. The predicted octanol–water partition coefficient (Wildman–Crippen LogP) is 4.95. The largest absolute Gasteiger partial charge is 0.228 e. The summed E-state index contributed by atoms with van der Waals surface area (Å²) >= 11 is 9.00. The predicted molar refractivity (Wildman–Crippen MR) is 92.4 cm³/mol. The Morgan fingerprint density at radius 2 is 2.09 bits per heavy atom. The van der Waals surface area contributed by atoms with Gasteiger partial charge in [-0.25, -0.2) is 9.97 Å². The van der Waals surface area contributed by atoms with Crippen LogP contribution in [0, 0.1) is 0 Å². The number of aryl methyl sites for hydroxylation is 1. The maximum atomic E-state index is 5.91. The van der Waals surface area contributed by atoms with E-state index in [1.165, 1.54) is 11.9 Å². The molecular formula is C15H15ClN4S2. The van der Waals surface area contributed by atoms with Crippen LogP contribution < -0.4 is 0 Å². The van der Waals surface area contributed by atoms with E-state index in [1.807, 2.05) is 29.6 Å². The van der Waals surface area contributed by atoms with Gasteiger partial charge >= 0.3 is 0 Å². The van der Waals surface area contributed by atoms with Gasteiger partial charge in [-0.3, -0.25) is 0 Å². The highest BCUT2D eigenvalue weighted by atomic mass is 35.5. The Morgan fingerprint density at radius 3 is 2.86 bits per heavy atom. The fraction of sp³-hybridized carbons (Fsp3) is 0.267. The summed E-state index contributed by atoms with van der Waals surface area (Å²) in [6.45, 7) is 2.17. The first-order valence-electron chi connectivity index (χ1n) is 7.05. The number of thiazole rings is 1. The number of aromatic nitrogens is 4. The van der Waals surface area contributed by atoms with Crippen molar-refractivity contribution >= 4 is 34.9 Å². The lowest BCUT2D eigenvalue weighted by atomic mass is 10.2. The van der Waals surface area contributed by atoms with Crippen LogP contribution in [0.15, 0.2) is 40.3 Å². The Bertz CT molecular complexity index is 736. The van der Waals surface area contributed by atoms with Crippen LogP contribution in [-0.4, -0.2) is 19.2 Å². The summed E-state index contributed by atoms with van der Waals surface area (Å²) in [6, 6.07) is 7.70. The van der Waals surface area contributed by atoms with Gasteiger partial charge in [-0.15, -0.1) is 16.4 Å². The average molecular weight is 351 g/mol. The van der Waals surface area contributed by atoms with Crippen molar-refractivity contribution in [1.29, 1.82) is 0 Å². The van der Waals surface area contributed by atoms with E-state index in [0.29, 0.717) is 0 Å². The van der Waals surface area contributed by atoms with Crippen LogP contribution in [-0.2, 0) is 6.42 Å². The lowest BCUT2D eigenvalue weighted by molar-refractivity contribution is 0.752. The molecule has 0 amide bonds. The summed E-state index contributed by atoms with van der Waals surface area (Å²) in [7, 11) is 0.